The van der Waals surface area contributed by atoms with Gasteiger partial charge in [-0.1, -0.05) is 23.8 Å². The summed E-state index contributed by atoms with van der Waals surface area (Å²) in [6, 6.07) is 11.6. The molecule has 7 heteroatoms. The van der Waals surface area contributed by atoms with Crippen molar-refractivity contribution in [1.82, 2.24) is 0 Å². The zero-order chi connectivity index (χ0) is 22.9. The number of benzene rings is 2. The smallest absolute Gasteiger partial charge is 0.238 e. The van der Waals surface area contributed by atoms with Gasteiger partial charge in [-0.3, -0.25) is 19.3 Å². The van der Waals surface area contributed by atoms with E-state index in [1.807, 2.05) is 0 Å². The van der Waals surface area contributed by atoms with Gasteiger partial charge in [0.1, 0.15) is 11.5 Å². The van der Waals surface area contributed by atoms with Crippen molar-refractivity contribution in [2.75, 3.05) is 18.6 Å². The molecule has 4 aliphatic carbocycles. The van der Waals surface area contributed by atoms with Crippen LogP contribution in [0.1, 0.15) is 16.8 Å². The molecule has 2 aromatic carbocycles. The van der Waals surface area contributed by atoms with Crippen molar-refractivity contribution in [2.45, 2.75) is 6.42 Å². The average Bonchev–Trinajstić information content (AvgIpc) is 3.61. The molecule has 0 radical (unpaired) electrons. The quantitative estimate of drug-likeness (QED) is 0.365. The molecule has 168 valence electrons. The summed E-state index contributed by atoms with van der Waals surface area (Å²) in [7, 11) is 1.51. The highest BCUT2D eigenvalue weighted by molar-refractivity contribution is 6.32. The lowest BCUT2D eigenvalue weighted by Crippen LogP contribution is -2.40. The van der Waals surface area contributed by atoms with E-state index in [1.54, 1.807) is 42.5 Å². The molecule has 6 nitrogen and oxygen atoms in total. The molecule has 4 unspecified atom stereocenters. The van der Waals surface area contributed by atoms with Gasteiger partial charge in [-0.25, -0.2) is 0 Å². The Kier molecular flexibility index (Phi) is 4.63. The Balaban J connectivity index is 1.14. The van der Waals surface area contributed by atoms with E-state index in [-0.39, 0.29) is 47.9 Å². The van der Waals surface area contributed by atoms with E-state index >= 15 is 0 Å². The van der Waals surface area contributed by atoms with E-state index in [9.17, 15) is 14.4 Å². The van der Waals surface area contributed by atoms with E-state index in [2.05, 4.69) is 12.2 Å². The zero-order valence-corrected chi connectivity index (χ0v) is 18.7. The number of ether oxygens (including phenoxy) is 2. The minimum Gasteiger partial charge on any atom is -0.495 e. The van der Waals surface area contributed by atoms with Gasteiger partial charge in [-0.2, -0.15) is 0 Å². The largest absolute Gasteiger partial charge is 0.495 e. The van der Waals surface area contributed by atoms with Crippen molar-refractivity contribution in [3.8, 4) is 11.5 Å². The molecule has 0 spiro atoms. The average molecular weight is 464 g/mol. The Bertz CT molecular complexity index is 1170. The number of hydrogen-bond donors (Lipinski definition) is 0. The Morgan fingerprint density at radius 3 is 2.21 bits per heavy atom. The monoisotopic (exact) mass is 463 g/mol. The van der Waals surface area contributed by atoms with Crippen LogP contribution in [0.4, 0.5) is 5.69 Å². The molecule has 6 atom stereocenters. The van der Waals surface area contributed by atoms with Crippen LogP contribution >= 0.6 is 11.6 Å². The summed E-state index contributed by atoms with van der Waals surface area (Å²) in [5.74, 6) is 1.69. The first-order valence-electron chi connectivity index (χ1n) is 11.1. The minimum atomic E-state index is -0.223. The number of ketones is 1. The number of methoxy groups -OCH3 is 1. The van der Waals surface area contributed by atoms with Crippen LogP contribution in [0, 0.1) is 35.5 Å². The summed E-state index contributed by atoms with van der Waals surface area (Å²) in [5.41, 5.74) is 0.975. The molecule has 1 aliphatic heterocycles. The number of nitrogens with zero attached hydrogens (tertiary/aromatic N) is 1. The molecule has 1 saturated heterocycles. The fourth-order valence-corrected chi connectivity index (χ4v) is 6.23. The number of anilines is 1. The molecule has 0 aromatic heterocycles. The number of Topliss-reactive ketones (excluding diaryl/α,β-unsaturated/α-hetero) is 1. The Morgan fingerprint density at radius 2 is 1.64 bits per heavy atom. The summed E-state index contributed by atoms with van der Waals surface area (Å²) >= 11 is 6.09. The molecular weight excluding hydrogens is 442 g/mol. The maximum absolute atomic E-state index is 13.2. The number of carbonyl (C=O) groups is 3. The Labute approximate surface area is 196 Å². The first kappa shape index (κ1) is 20.5. The summed E-state index contributed by atoms with van der Waals surface area (Å²) in [4.78, 5) is 40.2. The summed E-state index contributed by atoms with van der Waals surface area (Å²) in [5, 5.41) is 0.356. The molecule has 0 N–H and O–H groups in total. The van der Waals surface area contributed by atoms with Gasteiger partial charge in [0, 0.05) is 5.56 Å². The lowest BCUT2D eigenvalue weighted by atomic mass is 9.63. The van der Waals surface area contributed by atoms with Crippen molar-refractivity contribution >= 4 is 34.9 Å². The molecular formula is C26H22ClNO5. The van der Waals surface area contributed by atoms with Gasteiger partial charge >= 0.3 is 0 Å². The van der Waals surface area contributed by atoms with Gasteiger partial charge in [0.05, 0.1) is 29.7 Å². The first-order valence-corrected chi connectivity index (χ1v) is 11.5. The standard InChI is InChI=1S/C26H22ClNO5/c1-32-22-9-2-13(10-20(22)27)21(29)12-33-15-5-3-14(4-6-15)28-25(30)23-16-7-8-17(19-11-18(16)19)24(23)26(28)31/h2-10,16-19,23-24H,11-12H2,1H3/t16-,17?,18?,19-,23?,24?/m1/s1. The number of imide groups is 1. The number of carbonyl (C=O) groups excluding carboxylic acids is 3. The number of hydrogen-bond acceptors (Lipinski definition) is 5. The Hall–Kier alpha value is -3.12. The highest BCUT2D eigenvalue weighted by Gasteiger charge is 2.67. The Morgan fingerprint density at radius 1 is 1.00 bits per heavy atom. The maximum Gasteiger partial charge on any atom is 0.238 e. The molecule has 7 rings (SSSR count). The van der Waals surface area contributed by atoms with E-state index in [4.69, 9.17) is 21.1 Å². The molecule has 2 aromatic rings. The topological polar surface area (TPSA) is 72.9 Å². The van der Waals surface area contributed by atoms with Crippen LogP contribution in [0.15, 0.2) is 54.6 Å². The fraction of sp³-hybridized carbons (Fsp3) is 0.346. The summed E-state index contributed by atoms with van der Waals surface area (Å²) in [6.45, 7) is -0.161. The second kappa shape index (κ2) is 7.45. The van der Waals surface area contributed by atoms with Crippen molar-refractivity contribution < 1.29 is 23.9 Å². The van der Waals surface area contributed by atoms with Crippen LogP contribution in [0.3, 0.4) is 0 Å². The lowest BCUT2D eigenvalue weighted by molar-refractivity contribution is -0.124. The summed E-state index contributed by atoms with van der Waals surface area (Å²) < 4.78 is 10.7. The van der Waals surface area contributed by atoms with E-state index in [1.165, 1.54) is 12.0 Å². The van der Waals surface area contributed by atoms with Gasteiger partial charge in [0.15, 0.2) is 12.4 Å². The minimum absolute atomic E-state index is 0.0880. The normalized spacial score (nSPS) is 30.8. The van der Waals surface area contributed by atoms with Crippen LogP contribution in [-0.2, 0) is 9.59 Å². The van der Waals surface area contributed by atoms with Crippen LogP contribution < -0.4 is 14.4 Å². The SMILES string of the molecule is COc1ccc(C(=O)COc2ccc(N3C(=O)C4C(C3=O)[C@@H]3C=CC4[C@H]4CC34)cc2)cc1Cl. The second-order valence-corrected chi connectivity index (χ2v) is 9.63. The van der Waals surface area contributed by atoms with Gasteiger partial charge < -0.3 is 9.47 Å². The van der Waals surface area contributed by atoms with Gasteiger partial charge in [0.2, 0.25) is 11.8 Å². The number of rotatable bonds is 6. The molecule has 2 bridgehead atoms. The van der Waals surface area contributed by atoms with Crippen molar-refractivity contribution in [3.05, 3.63) is 65.2 Å². The molecule has 5 aliphatic rings. The molecule has 1 heterocycles. The molecule has 2 amide bonds. The second-order valence-electron chi connectivity index (χ2n) is 9.22. The van der Waals surface area contributed by atoms with Crippen LogP contribution in [-0.4, -0.2) is 31.3 Å². The van der Waals surface area contributed by atoms with Crippen LogP contribution in [0.25, 0.3) is 0 Å². The van der Waals surface area contributed by atoms with E-state index < -0.39 is 0 Å². The van der Waals surface area contributed by atoms with Gasteiger partial charge in [-0.05, 0) is 72.6 Å². The third-order valence-electron chi connectivity index (χ3n) is 7.60. The molecule has 3 fully saturated rings. The first-order chi connectivity index (χ1) is 16.0. The van der Waals surface area contributed by atoms with E-state index in [0.29, 0.717) is 39.6 Å². The number of allylic oxidation sites excluding steroid dienone is 2. The van der Waals surface area contributed by atoms with Gasteiger partial charge in [-0.15, -0.1) is 0 Å². The third-order valence-corrected chi connectivity index (χ3v) is 7.90. The molecule has 33 heavy (non-hydrogen) atoms. The van der Waals surface area contributed by atoms with Crippen LogP contribution in [0.5, 0.6) is 11.5 Å². The van der Waals surface area contributed by atoms with Crippen molar-refractivity contribution in [1.29, 1.82) is 0 Å². The van der Waals surface area contributed by atoms with Gasteiger partial charge in [0.25, 0.3) is 0 Å². The van der Waals surface area contributed by atoms with Crippen molar-refractivity contribution in [2.24, 2.45) is 35.5 Å². The van der Waals surface area contributed by atoms with E-state index in [0.717, 1.165) is 6.42 Å². The predicted octanol–water partition coefficient (Wildman–Crippen LogP) is 4.17. The van der Waals surface area contributed by atoms with Crippen molar-refractivity contribution in [3.63, 3.8) is 0 Å². The highest BCUT2D eigenvalue weighted by atomic mass is 35.5. The lowest BCUT2D eigenvalue weighted by Gasteiger charge is -2.37. The zero-order valence-electron chi connectivity index (χ0n) is 17.9. The van der Waals surface area contributed by atoms with Crippen LogP contribution in [0.2, 0.25) is 5.02 Å². The predicted molar refractivity (Wildman–Crippen MR) is 121 cm³/mol. The number of amides is 2. The maximum atomic E-state index is 13.2. The summed E-state index contributed by atoms with van der Waals surface area (Å²) in [6.07, 6.45) is 5.47. The number of halogens is 1. The fourth-order valence-electron chi connectivity index (χ4n) is 5.97. The molecule has 2 saturated carbocycles. The highest BCUT2D eigenvalue weighted by Crippen LogP contribution is 2.65. The third kappa shape index (κ3) is 3.11.